The van der Waals surface area contributed by atoms with Crippen molar-refractivity contribution in [2.75, 3.05) is 32.7 Å². The van der Waals surface area contributed by atoms with Gasteiger partial charge in [0, 0.05) is 13.1 Å². The fraction of sp³-hybridized carbons (Fsp3) is 1.00. The molecule has 78 valence electrons. The molecule has 1 fully saturated rings. The molecule has 1 heterocycles. The predicted octanol–water partition coefficient (Wildman–Crippen LogP) is 1.75. The smallest absolute Gasteiger partial charge is 0.0713 e. The summed E-state index contributed by atoms with van der Waals surface area (Å²) in [7, 11) is 2.20. The lowest BCUT2D eigenvalue weighted by atomic mass is 9.78. The van der Waals surface area contributed by atoms with Crippen molar-refractivity contribution < 1.29 is 0 Å². The van der Waals surface area contributed by atoms with Crippen molar-refractivity contribution in [2.24, 2.45) is 11.3 Å². The summed E-state index contributed by atoms with van der Waals surface area (Å²) in [5, 5.41) is 3.23. The molecule has 0 bridgehead atoms. The Kier molecular flexibility index (Phi) is 4.02. The second kappa shape index (κ2) is 4.63. The molecular weight excluding hydrogens is 184 g/mol. The minimum Gasteiger partial charge on any atom is -0.306 e. The minimum atomic E-state index is 0.375. The van der Waals surface area contributed by atoms with E-state index >= 15 is 0 Å². The normalized spacial score (nSPS) is 25.4. The summed E-state index contributed by atoms with van der Waals surface area (Å²) in [4.78, 5) is 2.41. The van der Waals surface area contributed by atoms with Crippen LogP contribution in [0, 0.1) is 11.3 Å². The summed E-state index contributed by atoms with van der Waals surface area (Å²) in [6.45, 7) is 8.16. The monoisotopic (exact) mass is 204 g/mol. The maximum atomic E-state index is 5.62. The van der Waals surface area contributed by atoms with Gasteiger partial charge in [0.2, 0.25) is 0 Å². The van der Waals surface area contributed by atoms with Crippen LogP contribution in [0.25, 0.3) is 0 Å². The summed E-state index contributed by atoms with van der Waals surface area (Å²) in [6.07, 6.45) is 1.33. The molecule has 3 heteroatoms. The van der Waals surface area contributed by atoms with Gasteiger partial charge in [-0.05, 0) is 31.3 Å². The van der Waals surface area contributed by atoms with Crippen LogP contribution >= 0.6 is 11.6 Å². The number of alkyl halides is 1. The first-order chi connectivity index (χ1) is 6.06. The standard InChI is InChI=1S/C10H21ClN2/c1-10(2,7-12-8-11)9-4-5-13(3)6-9/h9,12H,4-8H2,1-3H3. The average molecular weight is 205 g/mol. The van der Waals surface area contributed by atoms with Gasteiger partial charge in [0.15, 0.2) is 0 Å². The van der Waals surface area contributed by atoms with Crippen molar-refractivity contribution >= 4 is 11.6 Å². The van der Waals surface area contributed by atoms with Crippen LogP contribution in [0.4, 0.5) is 0 Å². The Hall–Kier alpha value is 0.210. The van der Waals surface area contributed by atoms with Crippen molar-refractivity contribution in [2.45, 2.75) is 20.3 Å². The summed E-state index contributed by atoms with van der Waals surface area (Å²) in [5.41, 5.74) is 0.375. The zero-order chi connectivity index (χ0) is 9.90. The van der Waals surface area contributed by atoms with Crippen molar-refractivity contribution in [1.82, 2.24) is 10.2 Å². The van der Waals surface area contributed by atoms with Gasteiger partial charge in [-0.1, -0.05) is 13.8 Å². The van der Waals surface area contributed by atoms with Crippen LogP contribution in [0.2, 0.25) is 0 Å². The van der Waals surface area contributed by atoms with E-state index in [0.29, 0.717) is 11.4 Å². The molecule has 0 spiro atoms. The summed E-state index contributed by atoms with van der Waals surface area (Å²) in [6, 6.07) is 0.561. The van der Waals surface area contributed by atoms with Crippen LogP contribution < -0.4 is 5.32 Å². The molecule has 1 N–H and O–H groups in total. The summed E-state index contributed by atoms with van der Waals surface area (Å²) in [5.74, 6) is 0.813. The topological polar surface area (TPSA) is 15.3 Å². The third-order valence-electron chi connectivity index (χ3n) is 3.17. The van der Waals surface area contributed by atoms with Gasteiger partial charge in [-0.3, -0.25) is 0 Å². The summed E-state index contributed by atoms with van der Waals surface area (Å²) >= 11 is 5.62. The van der Waals surface area contributed by atoms with E-state index in [1.807, 2.05) is 0 Å². The van der Waals surface area contributed by atoms with Crippen LogP contribution in [0.1, 0.15) is 20.3 Å². The highest BCUT2D eigenvalue weighted by Crippen LogP contribution is 2.32. The van der Waals surface area contributed by atoms with Gasteiger partial charge < -0.3 is 10.2 Å². The van der Waals surface area contributed by atoms with E-state index in [-0.39, 0.29) is 0 Å². The van der Waals surface area contributed by atoms with Crippen LogP contribution in [0.15, 0.2) is 0 Å². The number of nitrogens with one attached hydrogen (secondary N) is 1. The molecule has 1 aliphatic rings. The second-order valence-corrected chi connectivity index (χ2v) is 5.06. The largest absolute Gasteiger partial charge is 0.306 e. The molecule has 0 aromatic heterocycles. The first-order valence-corrected chi connectivity index (χ1v) is 5.55. The Bertz CT molecular complexity index is 159. The maximum Gasteiger partial charge on any atom is 0.0713 e. The molecule has 0 radical (unpaired) electrons. The SMILES string of the molecule is CN1CCC(C(C)(C)CNCCl)C1. The molecule has 1 saturated heterocycles. The Morgan fingerprint density at radius 3 is 2.69 bits per heavy atom. The molecule has 2 nitrogen and oxygen atoms in total. The Morgan fingerprint density at radius 2 is 2.23 bits per heavy atom. The Morgan fingerprint density at radius 1 is 1.54 bits per heavy atom. The Balaban J connectivity index is 2.39. The third kappa shape index (κ3) is 3.12. The molecule has 1 rings (SSSR count). The lowest BCUT2D eigenvalue weighted by Crippen LogP contribution is -2.36. The maximum absolute atomic E-state index is 5.62. The highest BCUT2D eigenvalue weighted by molar-refractivity contribution is 6.17. The van der Waals surface area contributed by atoms with Gasteiger partial charge in [0.1, 0.15) is 0 Å². The van der Waals surface area contributed by atoms with Crippen LogP contribution in [-0.2, 0) is 0 Å². The van der Waals surface area contributed by atoms with Gasteiger partial charge in [0.25, 0.3) is 0 Å². The molecule has 1 aliphatic heterocycles. The van der Waals surface area contributed by atoms with Crippen LogP contribution in [0.3, 0.4) is 0 Å². The zero-order valence-electron chi connectivity index (χ0n) is 8.94. The molecule has 0 aliphatic carbocycles. The number of halogens is 1. The quantitative estimate of drug-likeness (QED) is 0.555. The molecule has 0 aromatic rings. The first kappa shape index (κ1) is 11.3. The third-order valence-corrected chi connectivity index (χ3v) is 3.36. The van der Waals surface area contributed by atoms with E-state index in [2.05, 4.69) is 31.1 Å². The van der Waals surface area contributed by atoms with Crippen molar-refractivity contribution in [3.05, 3.63) is 0 Å². The molecular formula is C10H21ClN2. The fourth-order valence-corrected chi connectivity index (χ4v) is 2.18. The van der Waals surface area contributed by atoms with E-state index in [0.717, 1.165) is 12.5 Å². The van der Waals surface area contributed by atoms with Gasteiger partial charge in [-0.15, -0.1) is 11.6 Å². The molecule has 0 saturated carbocycles. The second-order valence-electron chi connectivity index (χ2n) is 4.80. The van der Waals surface area contributed by atoms with Crippen molar-refractivity contribution in [1.29, 1.82) is 0 Å². The first-order valence-electron chi connectivity index (χ1n) is 5.01. The number of nitrogens with zero attached hydrogens (tertiary/aromatic N) is 1. The molecule has 0 amide bonds. The Labute approximate surface area is 86.6 Å². The average Bonchev–Trinajstić information content (AvgIpc) is 2.49. The lowest BCUT2D eigenvalue weighted by molar-refractivity contribution is 0.210. The highest BCUT2D eigenvalue weighted by Gasteiger charge is 2.33. The van der Waals surface area contributed by atoms with Gasteiger partial charge in [-0.25, -0.2) is 0 Å². The minimum absolute atomic E-state index is 0.375. The molecule has 0 aromatic carbocycles. The van der Waals surface area contributed by atoms with Crippen molar-refractivity contribution in [3.8, 4) is 0 Å². The van der Waals surface area contributed by atoms with E-state index in [1.165, 1.54) is 19.5 Å². The van der Waals surface area contributed by atoms with E-state index < -0.39 is 0 Å². The highest BCUT2D eigenvalue weighted by atomic mass is 35.5. The predicted molar refractivity (Wildman–Crippen MR) is 58.1 cm³/mol. The number of hydrogen-bond acceptors (Lipinski definition) is 2. The number of rotatable bonds is 4. The van der Waals surface area contributed by atoms with Gasteiger partial charge in [0.05, 0.1) is 6.00 Å². The number of likely N-dealkylation sites (tertiary alicyclic amines) is 1. The fourth-order valence-electron chi connectivity index (χ4n) is 2.09. The lowest BCUT2D eigenvalue weighted by Gasteiger charge is -2.31. The van der Waals surface area contributed by atoms with E-state index in [4.69, 9.17) is 11.6 Å². The molecule has 1 atom stereocenters. The van der Waals surface area contributed by atoms with Gasteiger partial charge >= 0.3 is 0 Å². The van der Waals surface area contributed by atoms with Crippen LogP contribution in [0.5, 0.6) is 0 Å². The van der Waals surface area contributed by atoms with E-state index in [1.54, 1.807) is 0 Å². The van der Waals surface area contributed by atoms with Crippen LogP contribution in [-0.4, -0.2) is 37.6 Å². The summed E-state index contributed by atoms with van der Waals surface area (Å²) < 4.78 is 0. The molecule has 1 unspecified atom stereocenters. The van der Waals surface area contributed by atoms with Crippen molar-refractivity contribution in [3.63, 3.8) is 0 Å². The van der Waals surface area contributed by atoms with Gasteiger partial charge in [-0.2, -0.15) is 0 Å². The zero-order valence-corrected chi connectivity index (χ0v) is 9.69. The number of hydrogen-bond donors (Lipinski definition) is 1. The molecule has 13 heavy (non-hydrogen) atoms. The van der Waals surface area contributed by atoms with E-state index in [9.17, 15) is 0 Å².